The summed E-state index contributed by atoms with van der Waals surface area (Å²) in [6.45, 7) is 1.93. The Labute approximate surface area is 92.9 Å². The molecule has 80 valence electrons. The van der Waals surface area contributed by atoms with Crippen LogP contribution in [0.5, 0.6) is 0 Å². The summed E-state index contributed by atoms with van der Waals surface area (Å²) in [5.41, 5.74) is 2.93. The molecule has 0 aliphatic carbocycles. The van der Waals surface area contributed by atoms with Gasteiger partial charge in [0.25, 0.3) is 0 Å². The molecule has 1 heterocycles. The highest BCUT2D eigenvalue weighted by Crippen LogP contribution is 2.21. The molecule has 0 atom stereocenters. The molecule has 0 bridgehead atoms. The second-order valence-corrected chi connectivity index (χ2v) is 3.61. The van der Waals surface area contributed by atoms with Crippen molar-refractivity contribution < 1.29 is 4.79 Å². The molecule has 1 amide bonds. The average molecular weight is 213 g/mol. The van der Waals surface area contributed by atoms with Gasteiger partial charge in [-0.15, -0.1) is 0 Å². The van der Waals surface area contributed by atoms with Gasteiger partial charge in [-0.05, 0) is 18.6 Å². The largest absolute Gasteiger partial charge is 0.358 e. The van der Waals surface area contributed by atoms with Crippen molar-refractivity contribution in [3.8, 4) is 6.19 Å². The first-order valence-corrected chi connectivity index (χ1v) is 4.96. The SMILES string of the molecule is Cc1[nH]c2ccccc2c1CC(=O)NC#N. The molecular weight excluding hydrogens is 202 g/mol. The van der Waals surface area contributed by atoms with Crippen LogP contribution in [0.2, 0.25) is 0 Å². The summed E-state index contributed by atoms with van der Waals surface area (Å²) in [7, 11) is 0. The third-order valence-corrected chi connectivity index (χ3v) is 2.56. The van der Waals surface area contributed by atoms with E-state index in [4.69, 9.17) is 5.26 Å². The molecule has 16 heavy (non-hydrogen) atoms. The van der Waals surface area contributed by atoms with Crippen molar-refractivity contribution in [3.63, 3.8) is 0 Å². The number of fused-ring (bicyclic) bond motifs is 1. The number of nitriles is 1. The second-order valence-electron chi connectivity index (χ2n) is 3.61. The quantitative estimate of drug-likeness (QED) is 0.588. The van der Waals surface area contributed by atoms with Crippen molar-refractivity contribution in [2.24, 2.45) is 0 Å². The van der Waals surface area contributed by atoms with Crippen LogP contribution in [0.15, 0.2) is 24.3 Å². The Balaban J connectivity index is 2.40. The van der Waals surface area contributed by atoms with Crippen LogP contribution >= 0.6 is 0 Å². The molecule has 0 spiro atoms. The molecule has 0 aliphatic rings. The molecule has 0 aliphatic heterocycles. The maximum atomic E-state index is 11.4. The van der Waals surface area contributed by atoms with Gasteiger partial charge in [-0.2, -0.15) is 5.26 Å². The highest BCUT2D eigenvalue weighted by atomic mass is 16.1. The summed E-state index contributed by atoms with van der Waals surface area (Å²) in [5.74, 6) is -0.282. The number of nitrogens with one attached hydrogen (secondary N) is 2. The lowest BCUT2D eigenvalue weighted by atomic mass is 10.1. The van der Waals surface area contributed by atoms with Crippen LogP contribution in [0.4, 0.5) is 0 Å². The number of carbonyl (C=O) groups is 1. The second kappa shape index (κ2) is 4.07. The number of para-hydroxylation sites is 1. The fraction of sp³-hybridized carbons (Fsp3) is 0.167. The van der Waals surface area contributed by atoms with Crippen molar-refractivity contribution >= 4 is 16.8 Å². The topological polar surface area (TPSA) is 68.7 Å². The molecular formula is C12H11N3O. The van der Waals surface area contributed by atoms with E-state index in [9.17, 15) is 4.79 Å². The van der Waals surface area contributed by atoms with Gasteiger partial charge in [0, 0.05) is 16.6 Å². The smallest absolute Gasteiger partial charge is 0.237 e. The van der Waals surface area contributed by atoms with Gasteiger partial charge in [0.15, 0.2) is 6.19 Å². The number of hydrogen-bond donors (Lipinski definition) is 2. The lowest BCUT2D eigenvalue weighted by Gasteiger charge is -1.98. The van der Waals surface area contributed by atoms with Crippen LogP contribution in [-0.4, -0.2) is 10.9 Å². The summed E-state index contributed by atoms with van der Waals surface area (Å²) in [5, 5.41) is 11.5. The summed E-state index contributed by atoms with van der Waals surface area (Å²) >= 11 is 0. The number of rotatable bonds is 2. The van der Waals surface area contributed by atoms with Crippen molar-refractivity contribution in [3.05, 3.63) is 35.5 Å². The van der Waals surface area contributed by atoms with Gasteiger partial charge in [-0.1, -0.05) is 18.2 Å². The molecule has 2 N–H and O–H groups in total. The minimum atomic E-state index is -0.282. The van der Waals surface area contributed by atoms with Gasteiger partial charge >= 0.3 is 0 Å². The fourth-order valence-electron chi connectivity index (χ4n) is 1.83. The predicted molar refractivity (Wildman–Crippen MR) is 60.5 cm³/mol. The van der Waals surface area contributed by atoms with E-state index < -0.39 is 0 Å². The average Bonchev–Trinajstić information content (AvgIpc) is 2.56. The summed E-state index contributed by atoms with van der Waals surface area (Å²) in [6.07, 6.45) is 1.86. The van der Waals surface area contributed by atoms with E-state index >= 15 is 0 Å². The zero-order chi connectivity index (χ0) is 11.5. The molecule has 0 unspecified atom stereocenters. The Hall–Kier alpha value is -2.28. The fourth-order valence-corrected chi connectivity index (χ4v) is 1.83. The molecule has 2 rings (SSSR count). The van der Waals surface area contributed by atoms with E-state index in [1.807, 2.05) is 31.2 Å². The maximum Gasteiger partial charge on any atom is 0.237 e. The van der Waals surface area contributed by atoms with Crippen LogP contribution in [-0.2, 0) is 11.2 Å². The highest BCUT2D eigenvalue weighted by molar-refractivity contribution is 5.90. The maximum absolute atomic E-state index is 11.4. The summed E-state index contributed by atoms with van der Waals surface area (Å²) < 4.78 is 0. The number of carbonyl (C=O) groups excluding carboxylic acids is 1. The zero-order valence-corrected chi connectivity index (χ0v) is 8.87. The molecule has 2 aromatic rings. The molecule has 1 aromatic heterocycles. The Morgan fingerprint density at radius 2 is 2.25 bits per heavy atom. The van der Waals surface area contributed by atoms with Gasteiger partial charge in [0.05, 0.1) is 6.42 Å². The molecule has 4 heteroatoms. The van der Waals surface area contributed by atoms with Crippen molar-refractivity contribution in [1.29, 1.82) is 5.26 Å². The van der Waals surface area contributed by atoms with Crippen molar-refractivity contribution in [2.75, 3.05) is 0 Å². The van der Waals surface area contributed by atoms with E-state index in [1.54, 1.807) is 6.19 Å². The number of aromatic amines is 1. The van der Waals surface area contributed by atoms with Gasteiger partial charge in [-0.3, -0.25) is 10.1 Å². The zero-order valence-electron chi connectivity index (χ0n) is 8.87. The third kappa shape index (κ3) is 1.75. The monoisotopic (exact) mass is 213 g/mol. The Kier molecular flexibility index (Phi) is 2.61. The van der Waals surface area contributed by atoms with Gasteiger partial charge < -0.3 is 4.98 Å². The molecule has 0 radical (unpaired) electrons. The number of hydrogen-bond acceptors (Lipinski definition) is 2. The predicted octanol–water partition coefficient (Wildman–Crippen LogP) is 1.62. The number of aromatic nitrogens is 1. The van der Waals surface area contributed by atoms with Crippen LogP contribution in [0.1, 0.15) is 11.3 Å². The number of nitrogens with zero attached hydrogens (tertiary/aromatic N) is 1. The summed E-state index contributed by atoms with van der Waals surface area (Å²) in [6, 6.07) is 7.81. The highest BCUT2D eigenvalue weighted by Gasteiger charge is 2.11. The molecule has 1 aromatic carbocycles. The molecule has 0 saturated heterocycles. The molecule has 0 saturated carbocycles. The summed E-state index contributed by atoms with van der Waals surface area (Å²) in [4.78, 5) is 14.6. The van der Waals surface area contributed by atoms with E-state index in [1.165, 1.54) is 0 Å². The van der Waals surface area contributed by atoms with E-state index in [0.29, 0.717) is 0 Å². The first-order valence-electron chi connectivity index (χ1n) is 4.96. The van der Waals surface area contributed by atoms with E-state index in [2.05, 4.69) is 10.3 Å². The van der Waals surface area contributed by atoms with Gasteiger partial charge in [-0.25, -0.2) is 0 Å². The van der Waals surface area contributed by atoms with E-state index in [0.717, 1.165) is 22.2 Å². The van der Waals surface area contributed by atoms with Gasteiger partial charge in [0.1, 0.15) is 0 Å². The number of aryl methyl sites for hydroxylation is 1. The Morgan fingerprint density at radius 3 is 3.00 bits per heavy atom. The Bertz CT molecular complexity index is 577. The lowest BCUT2D eigenvalue weighted by Crippen LogP contribution is -2.19. The minimum Gasteiger partial charge on any atom is -0.358 e. The first-order chi connectivity index (χ1) is 7.72. The van der Waals surface area contributed by atoms with Crippen LogP contribution in [0.25, 0.3) is 10.9 Å². The van der Waals surface area contributed by atoms with Crippen LogP contribution < -0.4 is 5.32 Å². The van der Waals surface area contributed by atoms with Crippen LogP contribution in [0.3, 0.4) is 0 Å². The number of amides is 1. The van der Waals surface area contributed by atoms with Crippen molar-refractivity contribution in [2.45, 2.75) is 13.3 Å². The third-order valence-electron chi connectivity index (χ3n) is 2.56. The molecule has 0 fully saturated rings. The normalized spacial score (nSPS) is 10.0. The standard InChI is InChI=1S/C12H11N3O/c1-8-10(6-12(16)14-7-13)9-4-2-3-5-11(9)15-8/h2-5,15H,6H2,1H3,(H,14,16). The first kappa shape index (κ1) is 10.2. The minimum absolute atomic E-state index is 0.226. The number of H-pyrrole nitrogens is 1. The van der Waals surface area contributed by atoms with Crippen molar-refractivity contribution in [1.82, 2.24) is 10.3 Å². The van der Waals surface area contributed by atoms with E-state index in [-0.39, 0.29) is 12.3 Å². The number of benzene rings is 1. The lowest BCUT2D eigenvalue weighted by molar-refractivity contribution is -0.119. The molecule has 4 nitrogen and oxygen atoms in total. The van der Waals surface area contributed by atoms with Gasteiger partial charge in [0.2, 0.25) is 5.91 Å². The Morgan fingerprint density at radius 1 is 1.50 bits per heavy atom. The van der Waals surface area contributed by atoms with Crippen LogP contribution in [0, 0.1) is 18.4 Å².